The highest BCUT2D eigenvalue weighted by Crippen LogP contribution is 2.28. The molecule has 0 aliphatic heterocycles. The summed E-state index contributed by atoms with van der Waals surface area (Å²) in [5.74, 6) is -0.548. The molecule has 0 aliphatic carbocycles. The van der Waals surface area contributed by atoms with Crippen LogP contribution in [0.15, 0.2) is 53.0 Å². The van der Waals surface area contributed by atoms with Gasteiger partial charge in [-0.3, -0.25) is 9.69 Å². The maximum atomic E-state index is 12.6. The summed E-state index contributed by atoms with van der Waals surface area (Å²) >= 11 is 3.43. The summed E-state index contributed by atoms with van der Waals surface area (Å²) < 4.78 is 16.6. The summed E-state index contributed by atoms with van der Waals surface area (Å²) in [6, 6.07) is 15.0. The van der Waals surface area contributed by atoms with E-state index < -0.39 is 11.9 Å². The summed E-state index contributed by atoms with van der Waals surface area (Å²) in [6.07, 6.45) is 0. The van der Waals surface area contributed by atoms with Gasteiger partial charge in [-0.25, -0.2) is 4.79 Å². The van der Waals surface area contributed by atoms with Crippen molar-refractivity contribution in [2.75, 3.05) is 39.1 Å². The molecular formula is C28H33BrN2O5. The number of nitrogens with two attached hydrogens (primary N) is 1. The second-order valence-corrected chi connectivity index (χ2v) is 9.34. The highest BCUT2D eigenvalue weighted by molar-refractivity contribution is 9.10. The zero-order valence-corrected chi connectivity index (χ0v) is 22.8. The van der Waals surface area contributed by atoms with Crippen LogP contribution in [0.2, 0.25) is 0 Å². The van der Waals surface area contributed by atoms with E-state index in [4.69, 9.17) is 19.9 Å². The summed E-state index contributed by atoms with van der Waals surface area (Å²) in [4.78, 5) is 27.4. The Labute approximate surface area is 220 Å². The largest absolute Gasteiger partial charge is 0.497 e. The lowest BCUT2D eigenvalue weighted by Gasteiger charge is -2.20. The minimum Gasteiger partial charge on any atom is -0.497 e. The maximum absolute atomic E-state index is 12.6. The summed E-state index contributed by atoms with van der Waals surface area (Å²) in [6.45, 7) is 8.27. The van der Waals surface area contributed by atoms with Gasteiger partial charge in [-0.2, -0.15) is 0 Å². The molecule has 2 N–H and O–H groups in total. The van der Waals surface area contributed by atoms with Crippen LogP contribution >= 0.6 is 15.9 Å². The molecule has 0 fully saturated rings. The van der Waals surface area contributed by atoms with Crippen molar-refractivity contribution in [1.29, 1.82) is 0 Å². The van der Waals surface area contributed by atoms with Crippen LogP contribution < -0.4 is 10.5 Å². The van der Waals surface area contributed by atoms with Crippen LogP contribution in [-0.4, -0.2) is 50.3 Å². The van der Waals surface area contributed by atoms with E-state index in [1.807, 2.05) is 36.4 Å². The maximum Gasteiger partial charge on any atom is 0.338 e. The van der Waals surface area contributed by atoms with Crippen molar-refractivity contribution >= 4 is 44.3 Å². The fourth-order valence-electron chi connectivity index (χ4n) is 3.87. The number of ether oxygens (including phenoxy) is 3. The number of anilines is 1. The third-order valence-corrected chi connectivity index (χ3v) is 6.88. The quantitative estimate of drug-likeness (QED) is 0.188. The van der Waals surface area contributed by atoms with Gasteiger partial charge in [0.2, 0.25) is 0 Å². The number of halogens is 1. The zero-order chi connectivity index (χ0) is 26.2. The Kier molecular flexibility index (Phi) is 9.73. The number of nitrogens with zero attached hydrogens (tertiary/aromatic N) is 1. The van der Waals surface area contributed by atoms with Crippen LogP contribution in [0.4, 0.5) is 5.69 Å². The molecule has 3 aromatic rings. The Morgan fingerprint density at radius 1 is 0.972 bits per heavy atom. The molecule has 7 nitrogen and oxygen atoms in total. The topological polar surface area (TPSA) is 91.1 Å². The van der Waals surface area contributed by atoms with E-state index >= 15 is 0 Å². The molecule has 36 heavy (non-hydrogen) atoms. The van der Waals surface area contributed by atoms with Crippen LogP contribution in [0.1, 0.15) is 48.2 Å². The van der Waals surface area contributed by atoms with Crippen molar-refractivity contribution in [3.8, 4) is 5.75 Å². The average molecular weight is 557 g/mol. The van der Waals surface area contributed by atoms with E-state index in [-0.39, 0.29) is 19.2 Å². The Morgan fingerprint density at radius 2 is 1.64 bits per heavy atom. The molecule has 192 valence electrons. The van der Waals surface area contributed by atoms with Crippen molar-refractivity contribution in [1.82, 2.24) is 4.90 Å². The van der Waals surface area contributed by atoms with Gasteiger partial charge < -0.3 is 19.9 Å². The number of hydrogen-bond acceptors (Lipinski definition) is 7. The van der Waals surface area contributed by atoms with Crippen molar-refractivity contribution in [3.63, 3.8) is 0 Å². The van der Waals surface area contributed by atoms with Gasteiger partial charge in [0.05, 0.1) is 24.3 Å². The Bertz CT molecular complexity index is 1230. The van der Waals surface area contributed by atoms with Gasteiger partial charge >= 0.3 is 11.9 Å². The smallest absolute Gasteiger partial charge is 0.338 e. The molecule has 0 bridgehead atoms. The predicted octanol–water partition coefficient (Wildman–Crippen LogP) is 5.54. The van der Waals surface area contributed by atoms with Crippen molar-refractivity contribution < 1.29 is 23.8 Å². The third-order valence-electron chi connectivity index (χ3n) is 6.23. The van der Waals surface area contributed by atoms with E-state index in [0.29, 0.717) is 22.3 Å². The van der Waals surface area contributed by atoms with Gasteiger partial charge in [-0.15, -0.1) is 0 Å². The molecule has 0 saturated heterocycles. The van der Waals surface area contributed by atoms with Gasteiger partial charge in [0.1, 0.15) is 19.0 Å². The monoisotopic (exact) mass is 556 g/mol. The molecule has 0 spiro atoms. The number of carbonyl (C=O) groups is 2. The number of carbonyl (C=O) groups excluding carboxylic acids is 2. The van der Waals surface area contributed by atoms with Crippen molar-refractivity contribution in [3.05, 3.63) is 69.7 Å². The molecule has 0 radical (unpaired) electrons. The van der Waals surface area contributed by atoms with Crippen LogP contribution in [0.5, 0.6) is 5.75 Å². The van der Waals surface area contributed by atoms with Crippen LogP contribution in [0.25, 0.3) is 10.8 Å². The highest BCUT2D eigenvalue weighted by Gasteiger charge is 2.18. The molecule has 8 heteroatoms. The van der Waals surface area contributed by atoms with Crippen LogP contribution in [0.3, 0.4) is 0 Å². The van der Waals surface area contributed by atoms with E-state index in [9.17, 15) is 9.59 Å². The van der Waals surface area contributed by atoms with Gasteiger partial charge in [-0.1, -0.05) is 38.1 Å². The van der Waals surface area contributed by atoms with Gasteiger partial charge in [0, 0.05) is 11.0 Å². The van der Waals surface area contributed by atoms with Gasteiger partial charge in [-0.05, 0) is 82.1 Å². The zero-order valence-electron chi connectivity index (χ0n) is 21.2. The number of benzene rings is 3. The average Bonchev–Trinajstić information content (AvgIpc) is 2.90. The number of methoxy groups -OCH3 is 1. The van der Waals surface area contributed by atoms with E-state index in [0.717, 1.165) is 40.7 Å². The number of rotatable bonds is 11. The first kappa shape index (κ1) is 27.5. The molecule has 0 amide bonds. The minimum atomic E-state index is -0.495. The first-order valence-corrected chi connectivity index (χ1v) is 12.8. The molecule has 0 heterocycles. The summed E-state index contributed by atoms with van der Waals surface area (Å²) in [5, 5.41) is 2.04. The molecule has 3 aromatic carbocycles. The molecular weight excluding hydrogens is 524 g/mol. The SMILES string of the molecule is CCN(CC)Cc1cc(C(=O)OCCOC(=O)C(C)c2ccc3cc(OC)ccc3c2)cc(Br)c1N. The lowest BCUT2D eigenvalue weighted by atomic mass is 9.98. The second kappa shape index (κ2) is 12.7. The summed E-state index contributed by atoms with van der Waals surface area (Å²) in [7, 11) is 1.63. The molecule has 0 aromatic heterocycles. The van der Waals surface area contributed by atoms with Crippen LogP contribution in [0, 0.1) is 0 Å². The Morgan fingerprint density at radius 3 is 2.33 bits per heavy atom. The first-order chi connectivity index (χ1) is 17.3. The number of nitrogen functional groups attached to an aromatic ring is 1. The highest BCUT2D eigenvalue weighted by atomic mass is 79.9. The Hall–Kier alpha value is -3.10. The van der Waals surface area contributed by atoms with Crippen molar-refractivity contribution in [2.24, 2.45) is 0 Å². The number of hydrogen-bond donors (Lipinski definition) is 1. The lowest BCUT2D eigenvalue weighted by molar-refractivity contribution is -0.146. The standard InChI is InChI=1S/C28H33BrN2O5/c1-5-31(6-2)17-23-14-22(16-25(29)26(23)30)28(33)36-12-11-35-27(32)18(3)19-7-8-21-15-24(34-4)10-9-20(21)13-19/h7-10,13-16,18H,5-6,11-12,17,30H2,1-4H3. The predicted molar refractivity (Wildman–Crippen MR) is 145 cm³/mol. The molecule has 0 saturated carbocycles. The molecule has 3 rings (SSSR count). The first-order valence-electron chi connectivity index (χ1n) is 12.0. The van der Waals surface area contributed by atoms with Crippen molar-refractivity contribution in [2.45, 2.75) is 33.2 Å². The molecule has 1 unspecified atom stereocenters. The fraction of sp³-hybridized carbons (Fsp3) is 0.357. The van der Waals surface area contributed by atoms with Gasteiger partial charge in [0.25, 0.3) is 0 Å². The minimum absolute atomic E-state index is 0.0257. The third kappa shape index (κ3) is 6.77. The second-order valence-electron chi connectivity index (χ2n) is 8.49. The summed E-state index contributed by atoms with van der Waals surface area (Å²) in [5.41, 5.74) is 8.90. The number of fused-ring (bicyclic) bond motifs is 1. The fourth-order valence-corrected chi connectivity index (χ4v) is 4.37. The normalized spacial score (nSPS) is 11.9. The number of esters is 2. The van der Waals surface area contributed by atoms with E-state index in [1.165, 1.54) is 0 Å². The van der Waals surface area contributed by atoms with E-state index in [2.05, 4.69) is 34.7 Å². The van der Waals surface area contributed by atoms with Crippen LogP contribution in [-0.2, 0) is 20.8 Å². The Balaban J connectivity index is 1.55. The van der Waals surface area contributed by atoms with Gasteiger partial charge in [0.15, 0.2) is 0 Å². The lowest BCUT2D eigenvalue weighted by Crippen LogP contribution is -2.23. The molecule has 0 aliphatic rings. The molecule has 1 atom stereocenters. The van der Waals surface area contributed by atoms with E-state index in [1.54, 1.807) is 26.2 Å².